The number of aromatic nitrogens is 3. The number of piperidine rings is 1. The Labute approximate surface area is 171 Å². The first kappa shape index (κ1) is 19.3. The van der Waals surface area contributed by atoms with E-state index in [0.29, 0.717) is 11.8 Å². The van der Waals surface area contributed by atoms with Crippen molar-refractivity contribution in [2.45, 2.75) is 63.2 Å². The average Bonchev–Trinajstić information content (AvgIpc) is 3.46. The van der Waals surface area contributed by atoms with E-state index in [2.05, 4.69) is 33.5 Å². The van der Waals surface area contributed by atoms with Crippen molar-refractivity contribution in [1.29, 1.82) is 0 Å². The van der Waals surface area contributed by atoms with Gasteiger partial charge in [-0.15, -0.1) is 10.2 Å². The quantitative estimate of drug-likeness (QED) is 0.655. The number of amides is 1. The van der Waals surface area contributed by atoms with E-state index >= 15 is 0 Å². The number of thioether (sulfide) groups is 1. The molecule has 28 heavy (non-hydrogen) atoms. The third-order valence-electron chi connectivity index (χ3n) is 5.34. The smallest absolute Gasteiger partial charge is 0.237 e. The van der Waals surface area contributed by atoms with Crippen LogP contribution in [0.5, 0.6) is 0 Å². The summed E-state index contributed by atoms with van der Waals surface area (Å²) in [4.78, 5) is 17.2. The summed E-state index contributed by atoms with van der Waals surface area (Å²) in [5, 5.41) is 9.86. The van der Waals surface area contributed by atoms with Crippen molar-refractivity contribution in [2.75, 3.05) is 28.6 Å². The number of anilines is 2. The van der Waals surface area contributed by atoms with Crippen LogP contribution in [-0.4, -0.2) is 45.6 Å². The summed E-state index contributed by atoms with van der Waals surface area (Å²) >= 11 is 1.52. The number of hydrogen-bond donors (Lipinski definition) is 0. The Hall–Kier alpha value is -2.02. The topological polar surface area (TPSA) is 54.3 Å². The monoisotopic (exact) mass is 399 g/mol. The van der Waals surface area contributed by atoms with Crippen LogP contribution in [0.25, 0.3) is 0 Å². The molecule has 1 aliphatic heterocycles. The van der Waals surface area contributed by atoms with Crippen LogP contribution in [-0.2, 0) is 4.79 Å². The molecular weight excluding hydrogens is 370 g/mol. The van der Waals surface area contributed by atoms with Crippen LogP contribution in [0.4, 0.5) is 11.6 Å². The van der Waals surface area contributed by atoms with Crippen LogP contribution in [0.3, 0.4) is 0 Å². The van der Waals surface area contributed by atoms with Gasteiger partial charge in [0, 0.05) is 30.9 Å². The third-order valence-corrected chi connectivity index (χ3v) is 6.27. The first-order valence-electron chi connectivity index (χ1n) is 10.3. The highest BCUT2D eigenvalue weighted by Crippen LogP contribution is 2.41. The van der Waals surface area contributed by atoms with Crippen molar-refractivity contribution >= 4 is 29.3 Å². The lowest BCUT2D eigenvalue weighted by molar-refractivity contribution is -0.116. The number of hydrogen-bond acceptors (Lipinski definition) is 5. The second-order valence-electron chi connectivity index (χ2n) is 7.91. The van der Waals surface area contributed by atoms with E-state index in [9.17, 15) is 4.79 Å². The van der Waals surface area contributed by atoms with Gasteiger partial charge in [0.1, 0.15) is 0 Å². The number of benzene rings is 1. The maximum Gasteiger partial charge on any atom is 0.237 e. The zero-order valence-electron chi connectivity index (χ0n) is 16.8. The fourth-order valence-electron chi connectivity index (χ4n) is 3.84. The van der Waals surface area contributed by atoms with E-state index in [-0.39, 0.29) is 11.9 Å². The van der Waals surface area contributed by atoms with Crippen LogP contribution in [0.15, 0.2) is 35.5 Å². The maximum absolute atomic E-state index is 13.0. The van der Waals surface area contributed by atoms with Gasteiger partial charge >= 0.3 is 0 Å². The molecule has 1 aromatic carbocycles. The van der Waals surface area contributed by atoms with Gasteiger partial charge in [0.25, 0.3) is 0 Å². The number of nitrogens with zero attached hydrogens (tertiary/aromatic N) is 5. The molecule has 6 nitrogen and oxygen atoms in total. The van der Waals surface area contributed by atoms with Crippen LogP contribution in [0, 0.1) is 0 Å². The lowest BCUT2D eigenvalue weighted by Gasteiger charge is -2.28. The predicted molar refractivity (Wildman–Crippen MR) is 114 cm³/mol. The zero-order valence-corrected chi connectivity index (χ0v) is 17.6. The van der Waals surface area contributed by atoms with E-state index in [4.69, 9.17) is 0 Å². The lowest BCUT2D eigenvalue weighted by Crippen LogP contribution is -2.38. The minimum Gasteiger partial charge on any atom is -0.341 e. The molecule has 1 saturated carbocycles. The standard InChI is InChI=1S/C21H29N5OS/c1-16(2)25(17-9-5-3-6-10-17)19(27)15-28-21-23-22-20(26(21)18-11-12-18)24-13-7-4-8-14-24/h3,5-6,9-10,16,18H,4,7-8,11-15H2,1-2H3. The number of carbonyl (C=O) groups excluding carboxylic acids is 1. The van der Waals surface area contributed by atoms with Crippen molar-refractivity contribution in [3.8, 4) is 0 Å². The second-order valence-corrected chi connectivity index (χ2v) is 8.86. The molecule has 0 N–H and O–H groups in total. The molecule has 1 saturated heterocycles. The third kappa shape index (κ3) is 4.19. The Morgan fingerprint density at radius 1 is 1.14 bits per heavy atom. The Bertz CT molecular complexity index is 796. The van der Waals surface area contributed by atoms with E-state index in [1.807, 2.05) is 35.2 Å². The van der Waals surface area contributed by atoms with Gasteiger partial charge in [0.2, 0.25) is 11.9 Å². The first-order valence-corrected chi connectivity index (χ1v) is 11.3. The van der Waals surface area contributed by atoms with E-state index in [1.54, 1.807) is 0 Å². The first-order chi connectivity index (χ1) is 13.6. The van der Waals surface area contributed by atoms with Gasteiger partial charge in [0.05, 0.1) is 5.75 Å². The molecule has 7 heteroatoms. The Morgan fingerprint density at radius 2 is 1.86 bits per heavy atom. The van der Waals surface area contributed by atoms with Crippen LogP contribution >= 0.6 is 11.8 Å². The van der Waals surface area contributed by atoms with Gasteiger partial charge in [-0.1, -0.05) is 30.0 Å². The van der Waals surface area contributed by atoms with Crippen molar-refractivity contribution in [3.05, 3.63) is 30.3 Å². The van der Waals surface area contributed by atoms with Gasteiger partial charge in [-0.3, -0.25) is 9.36 Å². The summed E-state index contributed by atoms with van der Waals surface area (Å²) in [6, 6.07) is 10.5. The molecule has 0 radical (unpaired) electrons. The van der Waals surface area contributed by atoms with E-state index < -0.39 is 0 Å². The molecule has 2 aromatic rings. The van der Waals surface area contributed by atoms with Crippen molar-refractivity contribution in [3.63, 3.8) is 0 Å². The number of para-hydroxylation sites is 1. The van der Waals surface area contributed by atoms with Crippen molar-refractivity contribution in [2.24, 2.45) is 0 Å². The van der Waals surface area contributed by atoms with Gasteiger partial charge < -0.3 is 9.80 Å². The van der Waals surface area contributed by atoms with Gasteiger partial charge in [-0.2, -0.15) is 0 Å². The molecule has 0 bridgehead atoms. The SMILES string of the molecule is CC(C)N(C(=O)CSc1nnc(N2CCCCC2)n1C1CC1)c1ccccc1. The molecule has 1 aromatic heterocycles. The van der Waals surface area contributed by atoms with Gasteiger partial charge in [-0.05, 0) is 58.1 Å². The summed E-state index contributed by atoms with van der Waals surface area (Å²) < 4.78 is 2.28. The molecule has 4 rings (SSSR count). The number of rotatable bonds is 7. The molecule has 2 heterocycles. The van der Waals surface area contributed by atoms with Crippen LogP contribution < -0.4 is 9.80 Å². The highest BCUT2D eigenvalue weighted by atomic mass is 32.2. The minimum atomic E-state index is 0.107. The Balaban J connectivity index is 1.48. The number of carbonyl (C=O) groups is 1. The molecule has 2 fully saturated rings. The van der Waals surface area contributed by atoms with Gasteiger partial charge in [0.15, 0.2) is 5.16 Å². The van der Waals surface area contributed by atoms with Crippen LogP contribution in [0.2, 0.25) is 0 Å². The van der Waals surface area contributed by atoms with Gasteiger partial charge in [-0.25, -0.2) is 0 Å². The summed E-state index contributed by atoms with van der Waals surface area (Å²) in [7, 11) is 0. The molecule has 2 aliphatic rings. The minimum absolute atomic E-state index is 0.107. The summed E-state index contributed by atoms with van der Waals surface area (Å²) in [6.45, 7) is 6.22. The summed E-state index contributed by atoms with van der Waals surface area (Å²) in [6.07, 6.45) is 6.11. The highest BCUT2D eigenvalue weighted by Gasteiger charge is 2.32. The second kappa shape index (κ2) is 8.55. The van der Waals surface area contributed by atoms with E-state index in [0.717, 1.165) is 29.9 Å². The summed E-state index contributed by atoms with van der Waals surface area (Å²) in [5.74, 6) is 1.48. The van der Waals surface area contributed by atoms with Crippen molar-refractivity contribution in [1.82, 2.24) is 14.8 Å². The summed E-state index contributed by atoms with van der Waals surface area (Å²) in [5.41, 5.74) is 0.945. The predicted octanol–water partition coefficient (Wildman–Crippen LogP) is 4.14. The fourth-order valence-corrected chi connectivity index (χ4v) is 4.70. The normalized spacial score (nSPS) is 17.2. The molecule has 1 amide bonds. The molecule has 1 aliphatic carbocycles. The molecule has 0 unspecified atom stereocenters. The lowest BCUT2D eigenvalue weighted by atomic mass is 10.1. The fraction of sp³-hybridized carbons (Fsp3) is 0.571. The molecule has 150 valence electrons. The molecule has 0 spiro atoms. The maximum atomic E-state index is 13.0. The zero-order chi connectivity index (χ0) is 19.5. The average molecular weight is 400 g/mol. The van der Waals surface area contributed by atoms with Crippen LogP contribution in [0.1, 0.15) is 52.0 Å². The largest absolute Gasteiger partial charge is 0.341 e. The molecule has 0 atom stereocenters. The van der Waals surface area contributed by atoms with Crippen molar-refractivity contribution < 1.29 is 4.79 Å². The molecular formula is C21H29N5OS. The Morgan fingerprint density at radius 3 is 2.50 bits per heavy atom. The van der Waals surface area contributed by atoms with E-state index in [1.165, 1.54) is 43.9 Å². The highest BCUT2D eigenvalue weighted by molar-refractivity contribution is 7.99. The Kier molecular flexibility index (Phi) is 5.90.